The topological polar surface area (TPSA) is 44.6 Å². The van der Waals surface area contributed by atoms with Crippen molar-refractivity contribution in [2.24, 2.45) is 7.05 Å². The van der Waals surface area contributed by atoms with Gasteiger partial charge in [-0.25, -0.2) is 9.18 Å². The van der Waals surface area contributed by atoms with Crippen LogP contribution in [0.15, 0.2) is 48.7 Å². The first kappa shape index (κ1) is 24.8. The lowest BCUT2D eigenvalue weighted by Crippen LogP contribution is -2.54. The third-order valence-electron chi connectivity index (χ3n) is 7.88. The van der Waals surface area contributed by atoms with Crippen molar-refractivity contribution in [1.29, 1.82) is 0 Å². The summed E-state index contributed by atoms with van der Waals surface area (Å²) in [6.45, 7) is 1.29. The number of para-hydroxylation sites is 1. The van der Waals surface area contributed by atoms with Crippen molar-refractivity contribution in [2.45, 2.75) is 56.9 Å². The third-order valence-corrected chi connectivity index (χ3v) is 7.88. The zero-order chi connectivity index (χ0) is 26.6. The van der Waals surface area contributed by atoms with Gasteiger partial charge < -0.3 is 9.80 Å². The van der Waals surface area contributed by atoms with Crippen molar-refractivity contribution in [3.05, 3.63) is 76.9 Å². The van der Waals surface area contributed by atoms with Gasteiger partial charge in [0, 0.05) is 32.4 Å². The molecule has 0 atom stereocenters. The quantitative estimate of drug-likeness (QED) is 0.379. The van der Waals surface area contributed by atoms with E-state index >= 15 is 0 Å². The highest BCUT2D eigenvalue weighted by Gasteiger charge is 2.40. The largest absolute Gasteiger partial charge is 0.416 e. The van der Waals surface area contributed by atoms with Crippen LogP contribution in [0.2, 0.25) is 0 Å². The van der Waals surface area contributed by atoms with Crippen molar-refractivity contribution in [2.75, 3.05) is 22.9 Å². The number of anilines is 2. The molecule has 2 aliphatic heterocycles. The number of piperidine rings is 1. The van der Waals surface area contributed by atoms with E-state index in [0.717, 1.165) is 24.5 Å². The average Bonchev–Trinajstić information content (AvgIpc) is 3.66. The van der Waals surface area contributed by atoms with Crippen molar-refractivity contribution < 1.29 is 22.4 Å². The Balaban J connectivity index is 1.24. The molecule has 3 aliphatic rings. The minimum atomic E-state index is -4.52. The molecule has 2 aromatic carbocycles. The number of aryl methyl sites for hydroxylation is 1. The van der Waals surface area contributed by atoms with Crippen molar-refractivity contribution >= 4 is 17.4 Å². The summed E-state index contributed by atoms with van der Waals surface area (Å²) < 4.78 is 57.5. The highest BCUT2D eigenvalue weighted by atomic mass is 19.4. The summed E-state index contributed by atoms with van der Waals surface area (Å²) >= 11 is 0. The fourth-order valence-electron chi connectivity index (χ4n) is 5.88. The van der Waals surface area contributed by atoms with Gasteiger partial charge in [-0.05, 0) is 54.9 Å². The number of aromatic nitrogens is 2. The zero-order valence-corrected chi connectivity index (χ0v) is 21.1. The predicted molar refractivity (Wildman–Crippen MR) is 135 cm³/mol. The molecule has 0 spiro atoms. The number of fused-ring (bicyclic) bond motifs is 1. The van der Waals surface area contributed by atoms with Crippen LogP contribution in [0.4, 0.5) is 33.7 Å². The average molecular weight is 528 g/mol. The molecule has 0 N–H and O–H groups in total. The van der Waals surface area contributed by atoms with Gasteiger partial charge in [0.2, 0.25) is 0 Å². The van der Waals surface area contributed by atoms with Crippen LogP contribution in [0.25, 0.3) is 0 Å². The summed E-state index contributed by atoms with van der Waals surface area (Å²) in [6.07, 6.45) is 0.592. The first-order valence-electron chi connectivity index (χ1n) is 13.0. The third kappa shape index (κ3) is 4.50. The number of nitrogens with zero attached hydrogens (tertiary/aromatic N) is 5. The maximum absolute atomic E-state index is 14.9. The van der Waals surface area contributed by atoms with E-state index in [-0.39, 0.29) is 30.0 Å². The van der Waals surface area contributed by atoms with Gasteiger partial charge in [-0.3, -0.25) is 9.58 Å². The summed E-state index contributed by atoms with van der Waals surface area (Å²) in [5, 5.41) is 4.50. The van der Waals surface area contributed by atoms with Crippen LogP contribution in [0.1, 0.15) is 54.0 Å². The highest BCUT2D eigenvalue weighted by molar-refractivity contribution is 5.94. The Morgan fingerprint density at radius 1 is 1.00 bits per heavy atom. The molecule has 1 saturated carbocycles. The van der Waals surface area contributed by atoms with Crippen LogP contribution in [0.3, 0.4) is 0 Å². The van der Waals surface area contributed by atoms with Crippen LogP contribution in [-0.2, 0) is 26.3 Å². The smallest absolute Gasteiger partial charge is 0.369 e. The van der Waals surface area contributed by atoms with Gasteiger partial charge in [-0.1, -0.05) is 30.3 Å². The predicted octanol–water partition coefficient (Wildman–Crippen LogP) is 6.07. The van der Waals surface area contributed by atoms with Crippen LogP contribution in [-0.4, -0.2) is 39.8 Å². The Morgan fingerprint density at radius 3 is 2.45 bits per heavy atom. The van der Waals surface area contributed by atoms with Crippen molar-refractivity contribution in [1.82, 2.24) is 14.7 Å². The molecule has 38 heavy (non-hydrogen) atoms. The van der Waals surface area contributed by atoms with Gasteiger partial charge in [0.05, 0.1) is 30.0 Å². The van der Waals surface area contributed by atoms with E-state index in [1.807, 2.05) is 6.07 Å². The second-order valence-corrected chi connectivity index (χ2v) is 10.5. The highest BCUT2D eigenvalue weighted by Crippen LogP contribution is 2.46. The van der Waals surface area contributed by atoms with Gasteiger partial charge in [-0.2, -0.15) is 18.3 Å². The minimum Gasteiger partial charge on any atom is -0.369 e. The molecule has 3 aromatic rings. The monoisotopic (exact) mass is 527 g/mol. The number of amides is 2. The molecular formula is C28H29F4N5O. The van der Waals surface area contributed by atoms with Gasteiger partial charge in [0.1, 0.15) is 11.5 Å². The van der Waals surface area contributed by atoms with E-state index in [1.54, 1.807) is 35.0 Å². The summed E-state index contributed by atoms with van der Waals surface area (Å²) in [5.74, 6) is 0.201. The van der Waals surface area contributed by atoms with E-state index in [9.17, 15) is 22.4 Å². The summed E-state index contributed by atoms with van der Waals surface area (Å²) in [5.41, 5.74) is 2.21. The summed E-state index contributed by atoms with van der Waals surface area (Å²) in [4.78, 5) is 19.0. The molecule has 6 nitrogen and oxygen atoms in total. The Morgan fingerprint density at radius 2 is 1.74 bits per heavy atom. The molecule has 1 aromatic heterocycles. The molecule has 0 radical (unpaired) electrons. The Labute approximate surface area is 218 Å². The van der Waals surface area contributed by atoms with Gasteiger partial charge in [0.25, 0.3) is 0 Å². The summed E-state index contributed by atoms with van der Waals surface area (Å²) in [7, 11) is 1.74. The lowest BCUT2D eigenvalue weighted by atomic mass is 9.99. The van der Waals surface area contributed by atoms with Crippen molar-refractivity contribution in [3.63, 3.8) is 0 Å². The van der Waals surface area contributed by atoms with E-state index < -0.39 is 11.7 Å². The lowest BCUT2D eigenvalue weighted by Gasteiger charge is -2.43. The molecule has 200 valence electrons. The van der Waals surface area contributed by atoms with Crippen LogP contribution in [0.5, 0.6) is 0 Å². The number of urea groups is 1. The Bertz CT molecular complexity index is 1360. The van der Waals surface area contributed by atoms with E-state index in [4.69, 9.17) is 0 Å². The SMILES string of the molecule is Cn1cc2c(n1)CN(C1CCN(c3c(F)cccc3C3CC3)CC1)C(=O)N2Cc1ccccc1C(F)(F)F. The number of rotatable bonds is 5. The Hall–Kier alpha value is -3.56. The number of hydrogen-bond acceptors (Lipinski definition) is 3. The molecule has 3 heterocycles. The first-order valence-corrected chi connectivity index (χ1v) is 13.0. The fraction of sp³-hybridized carbons (Fsp3) is 0.429. The second kappa shape index (κ2) is 9.32. The number of hydrogen-bond donors (Lipinski definition) is 0. The number of alkyl halides is 3. The van der Waals surface area contributed by atoms with E-state index in [1.165, 1.54) is 23.1 Å². The molecule has 0 bridgehead atoms. The molecular weight excluding hydrogens is 498 g/mol. The molecule has 2 amide bonds. The van der Waals surface area contributed by atoms with E-state index in [2.05, 4.69) is 10.00 Å². The first-order chi connectivity index (χ1) is 18.2. The molecule has 2 fully saturated rings. The number of carbonyl (C=O) groups excluding carboxylic acids is 1. The lowest BCUT2D eigenvalue weighted by molar-refractivity contribution is -0.138. The van der Waals surface area contributed by atoms with Gasteiger partial charge in [0.15, 0.2) is 0 Å². The normalized spacial score (nSPS) is 18.8. The number of benzene rings is 2. The van der Waals surface area contributed by atoms with Crippen LogP contribution >= 0.6 is 0 Å². The number of carbonyl (C=O) groups is 1. The molecule has 10 heteroatoms. The van der Waals surface area contributed by atoms with E-state index in [0.29, 0.717) is 55.5 Å². The van der Waals surface area contributed by atoms with Gasteiger partial charge >= 0.3 is 12.2 Å². The Kier molecular flexibility index (Phi) is 6.07. The second-order valence-electron chi connectivity index (χ2n) is 10.5. The summed E-state index contributed by atoms with van der Waals surface area (Å²) in [6, 6.07) is 10.2. The van der Waals surface area contributed by atoms with Crippen LogP contribution < -0.4 is 9.80 Å². The zero-order valence-electron chi connectivity index (χ0n) is 21.1. The van der Waals surface area contributed by atoms with Crippen LogP contribution in [0, 0.1) is 5.82 Å². The molecule has 1 aliphatic carbocycles. The standard InChI is InChI=1S/C28H29F4N5O/c1-34-17-25-24(33-34)16-36(27(38)37(25)15-19-5-2-3-7-22(19)28(30,31)32)20-11-13-35(14-12-20)26-21(18-9-10-18)6-4-8-23(26)29/h2-8,17-18,20H,9-16H2,1H3. The molecule has 1 saturated heterocycles. The fourth-order valence-corrected chi connectivity index (χ4v) is 5.88. The van der Waals surface area contributed by atoms with Crippen molar-refractivity contribution in [3.8, 4) is 0 Å². The molecule has 0 unspecified atom stereocenters. The maximum atomic E-state index is 14.9. The van der Waals surface area contributed by atoms with Gasteiger partial charge in [-0.15, -0.1) is 0 Å². The maximum Gasteiger partial charge on any atom is 0.416 e. The number of halogens is 4. The molecule has 6 rings (SSSR count). The minimum absolute atomic E-state index is 0.0342.